The van der Waals surface area contributed by atoms with Gasteiger partial charge in [0.05, 0.1) is 22.7 Å². The second-order valence-electron chi connectivity index (χ2n) is 7.66. The highest BCUT2D eigenvalue weighted by atomic mass is 32.2. The SMILES string of the molecule is C[C@@H](NC(=O)CSc1nc2ccccc2c(=O)n1[C@@H](C)c1ccccc1)C1CC1. The van der Waals surface area contributed by atoms with Crippen molar-refractivity contribution in [1.29, 1.82) is 0 Å². The number of nitrogens with one attached hydrogen (secondary N) is 1. The van der Waals surface area contributed by atoms with Gasteiger partial charge in [0.2, 0.25) is 5.91 Å². The minimum atomic E-state index is -0.184. The van der Waals surface area contributed by atoms with Gasteiger partial charge in [0.15, 0.2) is 5.16 Å². The Balaban J connectivity index is 1.65. The molecule has 2 aromatic carbocycles. The third-order valence-electron chi connectivity index (χ3n) is 5.49. The minimum absolute atomic E-state index is 0.0179. The summed E-state index contributed by atoms with van der Waals surface area (Å²) < 4.78 is 1.71. The van der Waals surface area contributed by atoms with E-state index in [1.54, 1.807) is 10.6 Å². The van der Waals surface area contributed by atoms with E-state index in [4.69, 9.17) is 4.98 Å². The third-order valence-corrected chi connectivity index (χ3v) is 6.45. The van der Waals surface area contributed by atoms with Crippen molar-refractivity contribution in [2.75, 3.05) is 5.75 Å². The van der Waals surface area contributed by atoms with E-state index in [0.29, 0.717) is 22.0 Å². The molecule has 150 valence electrons. The molecular weight excluding hydrogens is 382 g/mol. The van der Waals surface area contributed by atoms with Crippen molar-refractivity contribution in [3.8, 4) is 0 Å². The quantitative estimate of drug-likeness (QED) is 0.475. The monoisotopic (exact) mass is 407 g/mol. The van der Waals surface area contributed by atoms with Crippen molar-refractivity contribution in [2.45, 2.75) is 43.9 Å². The van der Waals surface area contributed by atoms with Gasteiger partial charge >= 0.3 is 0 Å². The first kappa shape index (κ1) is 19.7. The van der Waals surface area contributed by atoms with E-state index < -0.39 is 0 Å². The smallest absolute Gasteiger partial charge is 0.262 e. The fourth-order valence-electron chi connectivity index (χ4n) is 3.59. The summed E-state index contributed by atoms with van der Waals surface area (Å²) in [5.74, 6) is 0.832. The summed E-state index contributed by atoms with van der Waals surface area (Å²) in [6, 6.07) is 17.3. The average Bonchev–Trinajstić information content (AvgIpc) is 3.58. The van der Waals surface area contributed by atoms with Gasteiger partial charge < -0.3 is 5.32 Å². The lowest BCUT2D eigenvalue weighted by atomic mass is 10.1. The van der Waals surface area contributed by atoms with Gasteiger partial charge in [-0.15, -0.1) is 0 Å². The number of benzene rings is 2. The highest BCUT2D eigenvalue weighted by molar-refractivity contribution is 7.99. The lowest BCUT2D eigenvalue weighted by Gasteiger charge is -2.20. The predicted molar refractivity (Wildman–Crippen MR) is 117 cm³/mol. The molecule has 0 unspecified atom stereocenters. The predicted octanol–water partition coefficient (Wildman–Crippen LogP) is 4.01. The Morgan fingerprint density at radius 3 is 2.55 bits per heavy atom. The van der Waals surface area contributed by atoms with Crippen LogP contribution in [-0.4, -0.2) is 27.3 Å². The van der Waals surface area contributed by atoms with Crippen LogP contribution >= 0.6 is 11.8 Å². The Morgan fingerprint density at radius 1 is 1.14 bits per heavy atom. The fourth-order valence-corrected chi connectivity index (χ4v) is 4.48. The maximum Gasteiger partial charge on any atom is 0.262 e. The van der Waals surface area contributed by atoms with Gasteiger partial charge in [0, 0.05) is 6.04 Å². The first-order chi connectivity index (χ1) is 14.0. The number of aromatic nitrogens is 2. The van der Waals surface area contributed by atoms with Gasteiger partial charge in [-0.25, -0.2) is 4.98 Å². The Bertz CT molecular complexity index is 1080. The number of para-hydroxylation sites is 1. The Hall–Kier alpha value is -2.60. The molecule has 6 heteroatoms. The molecule has 1 aromatic heterocycles. The summed E-state index contributed by atoms with van der Waals surface area (Å²) >= 11 is 1.32. The van der Waals surface area contributed by atoms with Crippen LogP contribution in [-0.2, 0) is 4.79 Å². The number of hydrogen-bond acceptors (Lipinski definition) is 4. The van der Waals surface area contributed by atoms with Gasteiger partial charge in [0.25, 0.3) is 5.56 Å². The third kappa shape index (κ3) is 4.37. The van der Waals surface area contributed by atoms with E-state index in [1.165, 1.54) is 24.6 Å². The van der Waals surface area contributed by atoms with Crippen molar-refractivity contribution in [2.24, 2.45) is 5.92 Å². The number of fused-ring (bicyclic) bond motifs is 1. The summed E-state index contributed by atoms with van der Waals surface area (Å²) in [4.78, 5) is 30.4. The lowest BCUT2D eigenvalue weighted by molar-refractivity contribution is -0.119. The van der Waals surface area contributed by atoms with Crippen LogP contribution in [0.15, 0.2) is 64.5 Å². The van der Waals surface area contributed by atoms with E-state index >= 15 is 0 Å². The number of carbonyl (C=O) groups is 1. The van der Waals surface area contributed by atoms with Crippen molar-refractivity contribution >= 4 is 28.6 Å². The molecule has 5 nitrogen and oxygen atoms in total. The van der Waals surface area contributed by atoms with Crippen molar-refractivity contribution in [3.63, 3.8) is 0 Å². The standard InChI is InChI=1S/C23H25N3O2S/c1-15(17-12-13-17)24-21(27)14-29-23-25-20-11-7-6-10-19(20)22(28)26(23)16(2)18-8-4-3-5-9-18/h3-11,15-17H,12-14H2,1-2H3,(H,24,27)/t15-,16+/m1/s1. The largest absolute Gasteiger partial charge is 0.353 e. The van der Waals surface area contributed by atoms with Crippen LogP contribution in [0, 0.1) is 5.92 Å². The second-order valence-corrected chi connectivity index (χ2v) is 8.60. The van der Waals surface area contributed by atoms with Gasteiger partial charge in [-0.1, -0.05) is 54.2 Å². The molecule has 1 heterocycles. The summed E-state index contributed by atoms with van der Waals surface area (Å²) in [5, 5.41) is 4.23. The van der Waals surface area contributed by atoms with Crippen LogP contribution in [0.3, 0.4) is 0 Å². The number of hydrogen-bond donors (Lipinski definition) is 1. The van der Waals surface area contributed by atoms with E-state index in [-0.39, 0.29) is 29.3 Å². The molecule has 0 bridgehead atoms. The molecule has 4 rings (SSSR count). The molecule has 0 radical (unpaired) electrons. The Kier molecular flexibility index (Phi) is 5.72. The van der Waals surface area contributed by atoms with Gasteiger partial charge in [-0.2, -0.15) is 0 Å². The summed E-state index contributed by atoms with van der Waals surface area (Å²) in [5.41, 5.74) is 1.60. The topological polar surface area (TPSA) is 64.0 Å². The minimum Gasteiger partial charge on any atom is -0.353 e. The summed E-state index contributed by atoms with van der Waals surface area (Å²) in [6.45, 7) is 4.05. The molecule has 29 heavy (non-hydrogen) atoms. The molecule has 0 spiro atoms. The lowest BCUT2D eigenvalue weighted by Crippen LogP contribution is -2.35. The zero-order valence-electron chi connectivity index (χ0n) is 16.7. The molecule has 1 fully saturated rings. The Labute approximate surface area is 174 Å². The first-order valence-corrected chi connectivity index (χ1v) is 11.0. The molecular formula is C23H25N3O2S. The van der Waals surface area contributed by atoms with Gasteiger partial charge in [-0.05, 0) is 50.3 Å². The maximum absolute atomic E-state index is 13.3. The van der Waals surface area contributed by atoms with Crippen molar-refractivity contribution in [1.82, 2.24) is 14.9 Å². The van der Waals surface area contributed by atoms with Crippen LogP contribution in [0.1, 0.15) is 38.3 Å². The summed E-state index contributed by atoms with van der Waals surface area (Å²) in [7, 11) is 0. The zero-order valence-corrected chi connectivity index (χ0v) is 17.5. The van der Waals surface area contributed by atoms with Crippen molar-refractivity contribution < 1.29 is 4.79 Å². The highest BCUT2D eigenvalue weighted by Gasteiger charge is 2.29. The van der Waals surface area contributed by atoms with Crippen LogP contribution in [0.5, 0.6) is 0 Å². The van der Waals surface area contributed by atoms with Crippen LogP contribution in [0.25, 0.3) is 10.9 Å². The Morgan fingerprint density at radius 2 is 1.83 bits per heavy atom. The number of nitrogens with zero attached hydrogens (tertiary/aromatic N) is 2. The van der Waals surface area contributed by atoms with Crippen LogP contribution in [0.4, 0.5) is 0 Å². The summed E-state index contributed by atoms with van der Waals surface area (Å²) in [6.07, 6.45) is 2.38. The number of rotatable bonds is 7. The van der Waals surface area contributed by atoms with E-state index in [0.717, 1.165) is 5.56 Å². The molecule has 1 amide bonds. The molecule has 1 aliphatic carbocycles. The molecule has 3 aromatic rings. The van der Waals surface area contributed by atoms with E-state index in [9.17, 15) is 9.59 Å². The normalized spacial score (nSPS) is 15.8. The fraction of sp³-hybridized carbons (Fsp3) is 0.348. The van der Waals surface area contributed by atoms with E-state index in [2.05, 4.69) is 12.2 Å². The van der Waals surface area contributed by atoms with Crippen LogP contribution < -0.4 is 10.9 Å². The van der Waals surface area contributed by atoms with Crippen molar-refractivity contribution in [3.05, 3.63) is 70.5 Å². The van der Waals surface area contributed by atoms with Gasteiger partial charge in [0.1, 0.15) is 0 Å². The molecule has 0 aliphatic heterocycles. The molecule has 0 saturated heterocycles. The molecule has 1 N–H and O–H groups in total. The number of thioether (sulfide) groups is 1. The molecule has 1 aliphatic rings. The maximum atomic E-state index is 13.3. The van der Waals surface area contributed by atoms with Gasteiger partial charge in [-0.3, -0.25) is 14.2 Å². The zero-order chi connectivity index (χ0) is 20.4. The van der Waals surface area contributed by atoms with Crippen LogP contribution in [0.2, 0.25) is 0 Å². The average molecular weight is 408 g/mol. The molecule has 2 atom stereocenters. The number of carbonyl (C=O) groups excluding carboxylic acids is 1. The van der Waals surface area contributed by atoms with E-state index in [1.807, 2.05) is 55.5 Å². The first-order valence-electron chi connectivity index (χ1n) is 10.0. The highest BCUT2D eigenvalue weighted by Crippen LogP contribution is 2.32. The second kappa shape index (κ2) is 8.41. The number of amides is 1. The molecule has 1 saturated carbocycles.